The molecule has 0 unspecified atom stereocenters. The molecule has 1 aliphatic rings. The van der Waals surface area contributed by atoms with Gasteiger partial charge in [-0.1, -0.05) is 22.0 Å². The predicted octanol–water partition coefficient (Wildman–Crippen LogP) is 1.37. The first kappa shape index (κ1) is 8.23. The average Bonchev–Trinajstić information content (AvgIpc) is 2.28. The van der Waals surface area contributed by atoms with Gasteiger partial charge in [-0.05, 0) is 29.7 Å². The Morgan fingerprint density at radius 2 is 2.25 bits per heavy atom. The molecular weight excluding hydrogens is 218 g/mol. The van der Waals surface area contributed by atoms with Crippen LogP contribution in [0.15, 0.2) is 22.7 Å². The topological polar surface area (TPSA) is 46.2 Å². The van der Waals surface area contributed by atoms with Crippen molar-refractivity contribution in [3.05, 3.63) is 33.8 Å². The van der Waals surface area contributed by atoms with Crippen molar-refractivity contribution in [1.29, 1.82) is 0 Å². The van der Waals surface area contributed by atoms with Crippen molar-refractivity contribution < 1.29 is 5.11 Å². The fourth-order valence-corrected chi connectivity index (χ4v) is 2.04. The lowest BCUT2D eigenvalue weighted by molar-refractivity contribution is 0.159. The maximum Gasteiger partial charge on any atom is 0.0946 e. The monoisotopic (exact) mass is 227 g/mol. The molecule has 0 aliphatic heterocycles. The van der Waals surface area contributed by atoms with E-state index in [1.807, 2.05) is 18.2 Å². The Kier molecular flexibility index (Phi) is 1.94. The van der Waals surface area contributed by atoms with Crippen molar-refractivity contribution in [2.24, 2.45) is 5.73 Å². The van der Waals surface area contributed by atoms with Crippen molar-refractivity contribution in [1.82, 2.24) is 0 Å². The molecule has 1 aromatic rings. The van der Waals surface area contributed by atoms with Gasteiger partial charge in [0.05, 0.1) is 6.10 Å². The highest BCUT2D eigenvalue weighted by atomic mass is 79.9. The largest absolute Gasteiger partial charge is 0.387 e. The quantitative estimate of drug-likeness (QED) is 0.704. The van der Waals surface area contributed by atoms with E-state index < -0.39 is 6.10 Å². The summed E-state index contributed by atoms with van der Waals surface area (Å²) in [5.41, 5.74) is 7.85. The van der Waals surface area contributed by atoms with Gasteiger partial charge in [0.1, 0.15) is 0 Å². The molecular formula is C9H10BrNO. The number of nitrogens with two attached hydrogens (primary N) is 1. The molecule has 64 valence electrons. The second-order valence-corrected chi connectivity index (χ2v) is 4.07. The third-order valence-electron chi connectivity index (χ3n) is 2.28. The van der Waals surface area contributed by atoms with E-state index >= 15 is 0 Å². The van der Waals surface area contributed by atoms with Crippen molar-refractivity contribution in [2.75, 3.05) is 0 Å². The standard InChI is InChI=1S/C9H10BrNO/c10-6-1-2-7-5(3-6)4-8(11)9(7)12/h1-3,8-9,12H,4,11H2/t8-,9-/m0/s1. The Hall–Kier alpha value is -0.380. The van der Waals surface area contributed by atoms with E-state index in [1.165, 1.54) is 0 Å². The minimum atomic E-state index is -0.479. The Morgan fingerprint density at radius 3 is 3.00 bits per heavy atom. The third kappa shape index (κ3) is 1.18. The normalized spacial score (nSPS) is 27.2. The zero-order chi connectivity index (χ0) is 8.72. The van der Waals surface area contributed by atoms with Gasteiger partial charge in [0.25, 0.3) is 0 Å². The van der Waals surface area contributed by atoms with Gasteiger partial charge >= 0.3 is 0 Å². The average molecular weight is 228 g/mol. The van der Waals surface area contributed by atoms with Crippen molar-refractivity contribution in [3.8, 4) is 0 Å². The maximum absolute atomic E-state index is 9.60. The summed E-state index contributed by atoms with van der Waals surface area (Å²) in [6.45, 7) is 0. The smallest absolute Gasteiger partial charge is 0.0946 e. The summed E-state index contributed by atoms with van der Waals surface area (Å²) in [4.78, 5) is 0. The molecule has 0 radical (unpaired) electrons. The lowest BCUT2D eigenvalue weighted by Crippen LogP contribution is -2.24. The van der Waals surface area contributed by atoms with Crippen LogP contribution in [0.5, 0.6) is 0 Å². The highest BCUT2D eigenvalue weighted by molar-refractivity contribution is 9.10. The number of fused-ring (bicyclic) bond motifs is 1. The maximum atomic E-state index is 9.60. The van der Waals surface area contributed by atoms with Gasteiger partial charge in [0, 0.05) is 10.5 Å². The first-order valence-electron chi connectivity index (χ1n) is 3.90. The number of hydrogen-bond donors (Lipinski definition) is 2. The molecule has 3 N–H and O–H groups in total. The van der Waals surface area contributed by atoms with Crippen LogP contribution in [0.3, 0.4) is 0 Å². The summed E-state index contributed by atoms with van der Waals surface area (Å²) in [7, 11) is 0. The van der Waals surface area contributed by atoms with E-state index in [2.05, 4.69) is 15.9 Å². The van der Waals surface area contributed by atoms with Gasteiger partial charge in [0.2, 0.25) is 0 Å². The second-order valence-electron chi connectivity index (χ2n) is 3.16. The predicted molar refractivity (Wildman–Crippen MR) is 50.8 cm³/mol. The molecule has 1 aromatic carbocycles. The second kappa shape index (κ2) is 2.83. The molecule has 2 nitrogen and oxygen atoms in total. The number of rotatable bonds is 0. The summed E-state index contributed by atoms with van der Waals surface area (Å²) < 4.78 is 1.04. The molecule has 3 heteroatoms. The first-order valence-corrected chi connectivity index (χ1v) is 4.70. The van der Waals surface area contributed by atoms with Crippen LogP contribution in [0.25, 0.3) is 0 Å². The van der Waals surface area contributed by atoms with E-state index in [-0.39, 0.29) is 6.04 Å². The van der Waals surface area contributed by atoms with E-state index in [0.717, 1.165) is 22.0 Å². The number of aliphatic hydroxyl groups is 1. The zero-order valence-corrected chi connectivity index (χ0v) is 8.08. The van der Waals surface area contributed by atoms with Crippen LogP contribution in [0.4, 0.5) is 0 Å². The van der Waals surface area contributed by atoms with E-state index in [0.29, 0.717) is 0 Å². The molecule has 0 bridgehead atoms. The number of hydrogen-bond acceptors (Lipinski definition) is 2. The fourth-order valence-electron chi connectivity index (χ4n) is 1.64. The molecule has 1 aliphatic carbocycles. The molecule has 0 amide bonds. The zero-order valence-electron chi connectivity index (χ0n) is 6.50. The van der Waals surface area contributed by atoms with Gasteiger partial charge in [-0.2, -0.15) is 0 Å². The first-order chi connectivity index (χ1) is 5.68. The van der Waals surface area contributed by atoms with E-state index in [4.69, 9.17) is 5.73 Å². The summed E-state index contributed by atoms with van der Waals surface area (Å²) in [5, 5.41) is 9.60. The summed E-state index contributed by atoms with van der Waals surface area (Å²) in [5.74, 6) is 0. The summed E-state index contributed by atoms with van der Waals surface area (Å²) in [6, 6.07) is 5.75. The number of halogens is 1. The molecule has 0 saturated carbocycles. The lowest BCUT2D eigenvalue weighted by atomic mass is 10.1. The van der Waals surface area contributed by atoms with Crippen LogP contribution in [0.2, 0.25) is 0 Å². The Balaban J connectivity index is 2.47. The Labute approximate surface area is 79.5 Å². The minimum Gasteiger partial charge on any atom is -0.387 e. The molecule has 12 heavy (non-hydrogen) atoms. The van der Waals surface area contributed by atoms with Crippen LogP contribution in [-0.2, 0) is 6.42 Å². The highest BCUT2D eigenvalue weighted by Crippen LogP contribution is 2.31. The minimum absolute atomic E-state index is 0.130. The van der Waals surface area contributed by atoms with Crippen LogP contribution >= 0.6 is 15.9 Å². The van der Waals surface area contributed by atoms with Crippen LogP contribution in [0, 0.1) is 0 Å². The molecule has 2 rings (SSSR count). The Morgan fingerprint density at radius 1 is 1.50 bits per heavy atom. The van der Waals surface area contributed by atoms with Gasteiger partial charge in [-0.15, -0.1) is 0 Å². The molecule has 0 spiro atoms. The number of benzene rings is 1. The van der Waals surface area contributed by atoms with Gasteiger partial charge < -0.3 is 10.8 Å². The van der Waals surface area contributed by atoms with Crippen molar-refractivity contribution >= 4 is 15.9 Å². The summed E-state index contributed by atoms with van der Waals surface area (Å²) in [6.07, 6.45) is 0.295. The lowest BCUT2D eigenvalue weighted by Gasteiger charge is -2.07. The van der Waals surface area contributed by atoms with Gasteiger partial charge in [-0.25, -0.2) is 0 Å². The van der Waals surface area contributed by atoms with Crippen LogP contribution in [-0.4, -0.2) is 11.1 Å². The highest BCUT2D eigenvalue weighted by Gasteiger charge is 2.27. The number of aliphatic hydroxyl groups excluding tert-OH is 1. The summed E-state index contributed by atoms with van der Waals surface area (Å²) >= 11 is 3.38. The van der Waals surface area contributed by atoms with Crippen molar-refractivity contribution in [2.45, 2.75) is 18.6 Å². The van der Waals surface area contributed by atoms with E-state index in [1.54, 1.807) is 0 Å². The Bertz CT molecular complexity index is 313. The van der Waals surface area contributed by atoms with Crippen molar-refractivity contribution in [3.63, 3.8) is 0 Å². The third-order valence-corrected chi connectivity index (χ3v) is 2.78. The molecule has 0 saturated heterocycles. The van der Waals surface area contributed by atoms with Crippen LogP contribution in [0.1, 0.15) is 17.2 Å². The molecule has 0 aromatic heterocycles. The molecule has 0 heterocycles. The van der Waals surface area contributed by atoms with E-state index in [9.17, 15) is 5.11 Å². The molecule has 0 fully saturated rings. The van der Waals surface area contributed by atoms with Crippen LogP contribution < -0.4 is 5.73 Å². The fraction of sp³-hybridized carbons (Fsp3) is 0.333. The van der Waals surface area contributed by atoms with Gasteiger partial charge in [-0.3, -0.25) is 0 Å². The van der Waals surface area contributed by atoms with Gasteiger partial charge in [0.15, 0.2) is 0 Å². The SMILES string of the molecule is N[C@H]1Cc2cc(Br)ccc2[C@@H]1O. The molecule has 2 atom stereocenters.